The first-order valence-corrected chi connectivity index (χ1v) is 10.1. The van der Waals surface area contributed by atoms with Crippen molar-refractivity contribution in [2.45, 2.75) is 12.6 Å². The third-order valence-corrected chi connectivity index (χ3v) is 5.83. The molecule has 1 atom stereocenters. The van der Waals surface area contributed by atoms with E-state index < -0.39 is 17.7 Å². The fourth-order valence-corrected chi connectivity index (χ4v) is 4.13. The number of nitrogens with zero attached hydrogens (tertiary/aromatic N) is 3. The molecule has 1 aliphatic heterocycles. The molecule has 3 heterocycles. The van der Waals surface area contributed by atoms with E-state index in [0.717, 1.165) is 14.9 Å². The van der Waals surface area contributed by atoms with Crippen LogP contribution in [0.2, 0.25) is 0 Å². The molecule has 1 unspecified atom stereocenters. The average Bonchev–Trinajstić information content (AvgIpc) is 3.31. The van der Waals surface area contributed by atoms with Crippen molar-refractivity contribution in [3.8, 4) is 0 Å². The van der Waals surface area contributed by atoms with Gasteiger partial charge in [-0.05, 0) is 29.1 Å². The van der Waals surface area contributed by atoms with E-state index in [4.69, 9.17) is 0 Å². The summed E-state index contributed by atoms with van der Waals surface area (Å²) in [6, 6.07) is 10.4. The summed E-state index contributed by atoms with van der Waals surface area (Å²) in [5, 5.41) is 12.7. The predicted octanol–water partition coefficient (Wildman–Crippen LogP) is 3.92. The van der Waals surface area contributed by atoms with Gasteiger partial charge < -0.3 is 10.0 Å². The molecule has 0 radical (unpaired) electrons. The summed E-state index contributed by atoms with van der Waals surface area (Å²) >= 11 is 4.90. The number of Topliss-reactive ketones (excluding diaryl/α,β-unsaturated/α-hetero) is 1. The molecule has 1 saturated heterocycles. The van der Waals surface area contributed by atoms with Crippen LogP contribution in [0, 0.1) is 0 Å². The van der Waals surface area contributed by atoms with Gasteiger partial charge in [-0.2, -0.15) is 0 Å². The zero-order chi connectivity index (χ0) is 19.7. The minimum atomic E-state index is -0.729. The Hall–Kier alpha value is -2.84. The molecular weight excluding hydrogens is 442 g/mol. The minimum absolute atomic E-state index is 0.0179. The molecule has 1 aromatic carbocycles. The molecule has 1 fully saturated rings. The Bertz CT molecular complexity index is 1050. The van der Waals surface area contributed by atoms with E-state index >= 15 is 0 Å². The van der Waals surface area contributed by atoms with Crippen LogP contribution in [0.25, 0.3) is 5.76 Å². The number of amides is 1. The van der Waals surface area contributed by atoms with Crippen LogP contribution in [0.15, 0.2) is 70.4 Å². The van der Waals surface area contributed by atoms with Gasteiger partial charge >= 0.3 is 0 Å². The second-order valence-electron chi connectivity index (χ2n) is 6.15. The third kappa shape index (κ3) is 3.36. The van der Waals surface area contributed by atoms with Crippen molar-refractivity contribution in [1.29, 1.82) is 0 Å². The molecule has 28 heavy (non-hydrogen) atoms. The molecule has 140 valence electrons. The summed E-state index contributed by atoms with van der Waals surface area (Å²) in [4.78, 5) is 36.1. The van der Waals surface area contributed by atoms with Gasteiger partial charge in [-0.25, -0.2) is 4.98 Å². The lowest BCUT2D eigenvalue weighted by atomic mass is 9.97. The number of hydrogen-bond acceptors (Lipinski definition) is 6. The molecule has 3 aromatic rings. The summed E-state index contributed by atoms with van der Waals surface area (Å²) in [5.41, 5.74) is 0.896. The second-order valence-corrected chi connectivity index (χ2v) is 8.10. The number of carbonyl (C=O) groups is 2. The van der Waals surface area contributed by atoms with Gasteiger partial charge in [-0.15, -0.1) is 11.3 Å². The highest BCUT2D eigenvalue weighted by Crippen LogP contribution is 2.40. The van der Waals surface area contributed by atoms with Crippen molar-refractivity contribution in [1.82, 2.24) is 14.9 Å². The van der Waals surface area contributed by atoms with Crippen LogP contribution in [0.5, 0.6) is 0 Å². The zero-order valence-corrected chi connectivity index (χ0v) is 16.9. The average molecular weight is 456 g/mol. The molecule has 0 spiro atoms. The quantitative estimate of drug-likeness (QED) is 0.366. The maximum absolute atomic E-state index is 12.8. The predicted molar refractivity (Wildman–Crippen MR) is 108 cm³/mol. The summed E-state index contributed by atoms with van der Waals surface area (Å²) in [6.07, 6.45) is 4.25. The first-order valence-electron chi connectivity index (χ1n) is 8.39. The number of aromatic nitrogens is 2. The highest BCUT2D eigenvalue weighted by atomic mass is 79.9. The minimum Gasteiger partial charge on any atom is -0.505 e. The fraction of sp³-hybridized carbons (Fsp3) is 0.100. The Morgan fingerprint density at radius 3 is 2.61 bits per heavy atom. The maximum atomic E-state index is 12.8. The van der Waals surface area contributed by atoms with E-state index in [0.29, 0.717) is 0 Å². The van der Waals surface area contributed by atoms with Gasteiger partial charge in [0.1, 0.15) is 5.69 Å². The number of aliphatic hydroxyl groups is 1. The highest BCUT2D eigenvalue weighted by Gasteiger charge is 2.46. The molecule has 8 heteroatoms. The Kier molecular flexibility index (Phi) is 5.06. The van der Waals surface area contributed by atoms with Crippen LogP contribution in [0.3, 0.4) is 0 Å². The van der Waals surface area contributed by atoms with Gasteiger partial charge in [0.05, 0.1) is 24.4 Å². The first-order chi connectivity index (χ1) is 13.6. The number of halogens is 1. The van der Waals surface area contributed by atoms with E-state index in [-0.39, 0.29) is 23.6 Å². The Balaban J connectivity index is 1.86. The van der Waals surface area contributed by atoms with E-state index in [1.165, 1.54) is 34.8 Å². The van der Waals surface area contributed by atoms with Crippen molar-refractivity contribution in [2.24, 2.45) is 0 Å². The standard InChI is InChI=1S/C20H14BrN3O3S/c21-13-5-3-12(4-6-13)17-16(18(25)15-10-22-7-8-23-15)19(26)20(27)24(17)11-14-2-1-9-28-14/h1-10,17,25H,11H2/b18-16+. The van der Waals surface area contributed by atoms with Gasteiger partial charge in [0.2, 0.25) is 0 Å². The number of aliphatic hydroxyl groups excluding tert-OH is 1. The van der Waals surface area contributed by atoms with E-state index in [2.05, 4.69) is 25.9 Å². The topological polar surface area (TPSA) is 83.4 Å². The zero-order valence-electron chi connectivity index (χ0n) is 14.4. The molecule has 0 bridgehead atoms. The normalized spacial score (nSPS) is 18.6. The van der Waals surface area contributed by atoms with Crippen LogP contribution in [0.1, 0.15) is 22.2 Å². The van der Waals surface area contributed by atoms with Gasteiger partial charge in [0.25, 0.3) is 11.7 Å². The molecule has 4 rings (SSSR count). The lowest BCUT2D eigenvalue weighted by Gasteiger charge is -2.24. The van der Waals surface area contributed by atoms with Crippen molar-refractivity contribution < 1.29 is 14.7 Å². The molecule has 0 saturated carbocycles. The number of carbonyl (C=O) groups excluding carboxylic acids is 2. The molecule has 2 aromatic heterocycles. The molecule has 1 N–H and O–H groups in total. The summed E-state index contributed by atoms with van der Waals surface area (Å²) < 4.78 is 0.875. The lowest BCUT2D eigenvalue weighted by molar-refractivity contribution is -0.140. The summed E-state index contributed by atoms with van der Waals surface area (Å²) in [5.74, 6) is -1.70. The van der Waals surface area contributed by atoms with Gasteiger partial charge in [-0.3, -0.25) is 14.6 Å². The monoisotopic (exact) mass is 455 g/mol. The van der Waals surface area contributed by atoms with Crippen molar-refractivity contribution in [3.05, 3.63) is 86.5 Å². The Labute approximate surface area is 173 Å². The Morgan fingerprint density at radius 2 is 1.96 bits per heavy atom. The van der Waals surface area contributed by atoms with Crippen LogP contribution in [-0.4, -0.2) is 31.7 Å². The van der Waals surface area contributed by atoms with Gasteiger partial charge in [0, 0.05) is 21.7 Å². The van der Waals surface area contributed by atoms with Crippen molar-refractivity contribution in [2.75, 3.05) is 0 Å². The molecule has 0 aliphatic carbocycles. The highest BCUT2D eigenvalue weighted by molar-refractivity contribution is 9.10. The smallest absolute Gasteiger partial charge is 0.295 e. The van der Waals surface area contributed by atoms with E-state index in [1.807, 2.05) is 41.8 Å². The van der Waals surface area contributed by atoms with Gasteiger partial charge in [0.15, 0.2) is 5.76 Å². The van der Waals surface area contributed by atoms with E-state index in [9.17, 15) is 14.7 Å². The molecular formula is C20H14BrN3O3S. The van der Waals surface area contributed by atoms with Crippen LogP contribution in [-0.2, 0) is 16.1 Å². The molecule has 1 aliphatic rings. The first kappa shape index (κ1) is 18.5. The summed E-state index contributed by atoms with van der Waals surface area (Å²) in [7, 11) is 0. The largest absolute Gasteiger partial charge is 0.505 e. The number of hydrogen-bond donors (Lipinski definition) is 1. The summed E-state index contributed by atoms with van der Waals surface area (Å²) in [6.45, 7) is 0.278. The number of benzene rings is 1. The third-order valence-electron chi connectivity index (χ3n) is 4.44. The molecule has 1 amide bonds. The second kappa shape index (κ2) is 7.65. The van der Waals surface area contributed by atoms with Crippen molar-refractivity contribution >= 4 is 44.7 Å². The number of thiophene rings is 1. The SMILES string of the molecule is O=C1C(=O)N(Cc2cccs2)C(c2ccc(Br)cc2)/C1=C(\O)c1cnccn1. The number of likely N-dealkylation sites (tertiary alicyclic amines) is 1. The van der Waals surface area contributed by atoms with Crippen LogP contribution < -0.4 is 0 Å². The number of ketones is 1. The van der Waals surface area contributed by atoms with Gasteiger partial charge in [-0.1, -0.05) is 34.1 Å². The van der Waals surface area contributed by atoms with Crippen LogP contribution in [0.4, 0.5) is 0 Å². The van der Waals surface area contributed by atoms with E-state index in [1.54, 1.807) is 0 Å². The van der Waals surface area contributed by atoms with Crippen molar-refractivity contribution in [3.63, 3.8) is 0 Å². The lowest BCUT2D eigenvalue weighted by Crippen LogP contribution is -2.28. The Morgan fingerprint density at radius 1 is 1.18 bits per heavy atom. The molecule has 6 nitrogen and oxygen atoms in total. The maximum Gasteiger partial charge on any atom is 0.295 e. The number of rotatable bonds is 4. The fourth-order valence-electron chi connectivity index (χ4n) is 3.16. The van der Waals surface area contributed by atoms with Crippen LogP contribution >= 0.6 is 27.3 Å².